The van der Waals surface area contributed by atoms with Gasteiger partial charge in [0.25, 0.3) is 5.91 Å². The molecule has 0 saturated carbocycles. The van der Waals surface area contributed by atoms with Gasteiger partial charge in [0.1, 0.15) is 11.3 Å². The summed E-state index contributed by atoms with van der Waals surface area (Å²) >= 11 is 1.24. The molecule has 3 rings (SSSR count). The molecule has 22 heavy (non-hydrogen) atoms. The van der Waals surface area contributed by atoms with E-state index < -0.39 is 11.5 Å². The van der Waals surface area contributed by atoms with E-state index in [1.165, 1.54) is 35.6 Å². The van der Waals surface area contributed by atoms with Crippen molar-refractivity contribution in [2.24, 2.45) is 0 Å². The molecule has 0 radical (unpaired) electrons. The van der Waals surface area contributed by atoms with Gasteiger partial charge in [-0.25, -0.2) is 4.79 Å². The minimum atomic E-state index is -0.701. The van der Waals surface area contributed by atoms with E-state index in [0.29, 0.717) is 10.3 Å². The number of nitrogens with one attached hydrogen (secondary N) is 1. The Hall–Kier alpha value is -2.68. The molecule has 2 N–H and O–H groups in total. The van der Waals surface area contributed by atoms with Gasteiger partial charge in [-0.1, -0.05) is 6.07 Å². The van der Waals surface area contributed by atoms with Gasteiger partial charge in [-0.2, -0.15) is 0 Å². The fourth-order valence-electron chi connectivity index (χ4n) is 1.91. The molecule has 0 aliphatic carbocycles. The van der Waals surface area contributed by atoms with Gasteiger partial charge < -0.3 is 20.2 Å². The topological polar surface area (TPSA) is 106 Å². The number of amides is 1. The Labute approximate surface area is 127 Å². The van der Waals surface area contributed by atoms with Gasteiger partial charge in [0.15, 0.2) is 0 Å². The second-order valence-corrected chi connectivity index (χ2v) is 5.32. The number of thiophene rings is 1. The van der Waals surface area contributed by atoms with Crippen LogP contribution in [0, 0.1) is 5.21 Å². The Bertz CT molecular complexity index is 886. The van der Waals surface area contributed by atoms with Crippen molar-refractivity contribution >= 4 is 39.6 Å². The van der Waals surface area contributed by atoms with Gasteiger partial charge in [-0.15, -0.1) is 11.3 Å². The molecule has 1 aromatic carbocycles. The lowest BCUT2D eigenvalue weighted by Crippen LogP contribution is -2.16. The van der Waals surface area contributed by atoms with Crippen LogP contribution in [0.25, 0.3) is 11.0 Å². The molecule has 7 nitrogen and oxygen atoms in total. The first-order valence-corrected chi connectivity index (χ1v) is 7.01. The third kappa shape index (κ3) is 2.70. The zero-order valence-electron chi connectivity index (χ0n) is 11.0. The molecule has 0 fully saturated rings. The van der Waals surface area contributed by atoms with Crippen LogP contribution in [-0.4, -0.2) is 11.1 Å². The first-order valence-electron chi connectivity index (χ1n) is 6.13. The van der Waals surface area contributed by atoms with Crippen LogP contribution in [-0.2, 0) is 0 Å². The van der Waals surface area contributed by atoms with Crippen molar-refractivity contribution in [1.82, 2.24) is 0 Å². The Morgan fingerprint density at radius 2 is 2.14 bits per heavy atom. The predicted octanol–water partition coefficient (Wildman–Crippen LogP) is 2.80. The van der Waals surface area contributed by atoms with E-state index in [-0.39, 0.29) is 22.2 Å². The summed E-state index contributed by atoms with van der Waals surface area (Å²) in [6, 6.07) is 8.77. The Morgan fingerprint density at radius 1 is 1.32 bits per heavy atom. The number of hydrogen-bond acceptors (Lipinski definition) is 7. The highest BCUT2D eigenvalue weighted by molar-refractivity contribution is 7.12. The van der Waals surface area contributed by atoms with Crippen LogP contribution in [0.2, 0.25) is 0 Å². The minimum Gasteiger partial charge on any atom is -0.733 e. The van der Waals surface area contributed by atoms with E-state index in [1.54, 1.807) is 17.5 Å². The van der Waals surface area contributed by atoms with E-state index in [9.17, 15) is 14.8 Å². The first kappa shape index (κ1) is 14.3. The lowest BCUT2D eigenvalue weighted by molar-refractivity contribution is 0.103. The Morgan fingerprint density at radius 3 is 2.82 bits per heavy atom. The number of anilines is 2. The van der Waals surface area contributed by atoms with E-state index >= 15 is 0 Å². The van der Waals surface area contributed by atoms with Crippen LogP contribution in [0.4, 0.5) is 11.4 Å². The molecule has 3 aromatic rings. The molecule has 1 amide bonds. The summed E-state index contributed by atoms with van der Waals surface area (Å²) in [7, 11) is 0. The quantitative estimate of drug-likeness (QED) is 0.568. The number of hydrogen-bond donors (Lipinski definition) is 2. The van der Waals surface area contributed by atoms with Gasteiger partial charge in [-0.05, 0) is 35.7 Å². The van der Waals surface area contributed by atoms with Crippen molar-refractivity contribution in [1.29, 1.82) is 0 Å². The number of benzene rings is 1. The number of carbonyl (C=O) groups excluding carboxylic acids is 1. The molecular weight excluding hydrogens is 308 g/mol. The highest BCUT2D eigenvalue weighted by Gasteiger charge is 2.12. The van der Waals surface area contributed by atoms with Gasteiger partial charge in [0, 0.05) is 5.39 Å². The maximum absolute atomic E-state index is 12.0. The average Bonchev–Trinajstić information content (AvgIpc) is 3.01. The normalized spacial score (nSPS) is 10.6. The van der Waals surface area contributed by atoms with Crippen molar-refractivity contribution in [3.8, 4) is 0 Å². The molecule has 0 aliphatic rings. The zero-order chi connectivity index (χ0) is 15.7. The number of rotatable bonds is 3. The van der Waals surface area contributed by atoms with E-state index in [2.05, 4.69) is 5.32 Å². The van der Waals surface area contributed by atoms with Gasteiger partial charge in [-0.3, -0.25) is 10.0 Å². The van der Waals surface area contributed by atoms with Crippen LogP contribution < -0.4 is 16.2 Å². The number of nitrogens with zero attached hydrogens (tertiary/aromatic N) is 1. The smallest absolute Gasteiger partial charge is 0.360 e. The van der Waals surface area contributed by atoms with Crippen molar-refractivity contribution in [3.63, 3.8) is 0 Å². The standard InChI is InChI=1S/C14H9N2O5S/c17-13(12-2-1-5-22-12)15-10-7-8-6-9(16(19)20)3-4-11(8)21-14(10)18/h1-7,19H,(H,15,17)/q-1. The molecule has 0 bridgehead atoms. The molecule has 2 aromatic heterocycles. The van der Waals surface area contributed by atoms with Crippen LogP contribution in [0.3, 0.4) is 0 Å². The molecule has 8 heteroatoms. The summed E-state index contributed by atoms with van der Waals surface area (Å²) in [5.41, 5.74) is -0.520. The molecule has 0 aliphatic heterocycles. The largest absolute Gasteiger partial charge is 0.733 e. The summed E-state index contributed by atoms with van der Waals surface area (Å²) in [6.07, 6.45) is 0. The second-order valence-electron chi connectivity index (χ2n) is 4.37. The highest BCUT2D eigenvalue weighted by Crippen LogP contribution is 2.22. The number of carbonyl (C=O) groups is 1. The fourth-order valence-corrected chi connectivity index (χ4v) is 2.53. The summed E-state index contributed by atoms with van der Waals surface area (Å²) in [4.78, 5) is 24.3. The zero-order valence-corrected chi connectivity index (χ0v) is 11.8. The third-order valence-electron chi connectivity index (χ3n) is 2.93. The van der Waals surface area contributed by atoms with Crippen LogP contribution >= 0.6 is 11.3 Å². The van der Waals surface area contributed by atoms with E-state index in [0.717, 1.165) is 0 Å². The fraction of sp³-hybridized carbons (Fsp3) is 0. The lowest BCUT2D eigenvalue weighted by Gasteiger charge is -2.21. The maximum atomic E-state index is 12.0. The van der Waals surface area contributed by atoms with Crippen LogP contribution in [0.1, 0.15) is 9.67 Å². The minimum absolute atomic E-state index is 0.0168. The number of fused-ring (bicyclic) bond motifs is 1. The molecule has 0 atom stereocenters. The molecule has 0 spiro atoms. The van der Waals surface area contributed by atoms with E-state index in [1.807, 2.05) is 0 Å². The molecule has 112 valence electrons. The van der Waals surface area contributed by atoms with Gasteiger partial charge >= 0.3 is 5.63 Å². The van der Waals surface area contributed by atoms with Crippen LogP contribution in [0.5, 0.6) is 0 Å². The summed E-state index contributed by atoms with van der Waals surface area (Å²) in [6.45, 7) is 0. The summed E-state index contributed by atoms with van der Waals surface area (Å²) in [5.74, 6) is -0.426. The maximum Gasteiger partial charge on any atom is 0.360 e. The monoisotopic (exact) mass is 317 g/mol. The summed E-state index contributed by atoms with van der Waals surface area (Å²) in [5, 5.41) is 24.1. The lowest BCUT2D eigenvalue weighted by atomic mass is 10.2. The average molecular weight is 317 g/mol. The molecular formula is C14H9N2O5S-. The van der Waals surface area contributed by atoms with E-state index in [4.69, 9.17) is 9.62 Å². The van der Waals surface area contributed by atoms with Crippen LogP contribution in [0.15, 0.2) is 51.0 Å². The Kier molecular flexibility index (Phi) is 3.63. The molecule has 0 unspecified atom stereocenters. The van der Waals surface area contributed by atoms with Crippen molar-refractivity contribution in [2.75, 3.05) is 10.5 Å². The van der Waals surface area contributed by atoms with Crippen molar-refractivity contribution in [2.45, 2.75) is 0 Å². The molecule has 2 heterocycles. The van der Waals surface area contributed by atoms with Gasteiger partial charge in [0.05, 0.1) is 10.6 Å². The van der Waals surface area contributed by atoms with Crippen molar-refractivity contribution in [3.05, 3.63) is 62.3 Å². The first-order chi connectivity index (χ1) is 10.5. The summed E-state index contributed by atoms with van der Waals surface area (Å²) < 4.78 is 5.08. The molecule has 0 saturated heterocycles. The SMILES string of the molecule is O=C(Nc1cc2cc(N([O-])O)ccc2oc1=O)c1cccs1. The predicted molar refractivity (Wildman–Crippen MR) is 82.4 cm³/mol. The third-order valence-corrected chi connectivity index (χ3v) is 3.80. The van der Waals surface area contributed by atoms with Gasteiger partial charge in [0.2, 0.25) is 0 Å². The highest BCUT2D eigenvalue weighted by atomic mass is 32.1. The Balaban J connectivity index is 2.00. The van der Waals surface area contributed by atoms with Crippen molar-refractivity contribution < 1.29 is 14.4 Å². The second kappa shape index (κ2) is 5.60.